The summed E-state index contributed by atoms with van der Waals surface area (Å²) >= 11 is 6.15. The van der Waals surface area contributed by atoms with Crippen molar-refractivity contribution in [1.82, 2.24) is 19.7 Å². The van der Waals surface area contributed by atoms with Crippen LogP contribution in [0.2, 0.25) is 5.02 Å². The number of nitrogens with one attached hydrogen (secondary N) is 1. The first-order valence-corrected chi connectivity index (χ1v) is 11.8. The lowest BCUT2D eigenvalue weighted by Gasteiger charge is -2.31. The zero-order valence-corrected chi connectivity index (χ0v) is 19.4. The Labute approximate surface area is 187 Å². The van der Waals surface area contributed by atoms with Crippen LogP contribution in [0.3, 0.4) is 0 Å². The monoisotopic (exact) mass is 466 g/mol. The van der Waals surface area contributed by atoms with E-state index in [9.17, 15) is 13.2 Å². The van der Waals surface area contributed by atoms with Gasteiger partial charge in [0.05, 0.1) is 5.92 Å². The normalized spacial score (nSPS) is 17.7. The molecule has 1 saturated heterocycles. The second-order valence-corrected chi connectivity index (χ2v) is 10.0. The van der Waals surface area contributed by atoms with Gasteiger partial charge in [0.15, 0.2) is 10.7 Å². The van der Waals surface area contributed by atoms with Gasteiger partial charge in [0.25, 0.3) is 0 Å². The van der Waals surface area contributed by atoms with Crippen molar-refractivity contribution in [1.29, 1.82) is 0 Å². The Kier molecular flexibility index (Phi) is 7.40. The van der Waals surface area contributed by atoms with Crippen LogP contribution in [0.4, 0.5) is 0 Å². The van der Waals surface area contributed by atoms with Crippen molar-refractivity contribution in [2.24, 2.45) is 5.92 Å². The maximum Gasteiger partial charge on any atom is 0.248 e. The molecule has 1 atom stereocenters. The molecular formula is C21H27ClN4O4S. The Hall–Kier alpha value is -2.36. The summed E-state index contributed by atoms with van der Waals surface area (Å²) < 4.78 is 33.3. The van der Waals surface area contributed by atoms with Gasteiger partial charge in [0.1, 0.15) is 5.69 Å². The van der Waals surface area contributed by atoms with Crippen molar-refractivity contribution >= 4 is 33.6 Å². The number of aryl methyl sites for hydroxylation is 1. The number of hydrogen-bond acceptors (Lipinski definition) is 6. The van der Waals surface area contributed by atoms with Crippen molar-refractivity contribution in [3.63, 3.8) is 0 Å². The highest BCUT2D eigenvalue weighted by Crippen LogP contribution is 2.29. The lowest BCUT2D eigenvalue weighted by Crippen LogP contribution is -2.45. The Morgan fingerprint density at radius 3 is 2.84 bits per heavy atom. The summed E-state index contributed by atoms with van der Waals surface area (Å²) in [6, 6.07) is 7.29. The number of aromatic nitrogens is 1. The van der Waals surface area contributed by atoms with Crippen molar-refractivity contribution in [3.8, 4) is 0 Å². The van der Waals surface area contributed by atoms with E-state index >= 15 is 0 Å². The lowest BCUT2D eigenvalue weighted by molar-refractivity contribution is -0.126. The van der Waals surface area contributed by atoms with Crippen LogP contribution >= 0.6 is 11.6 Å². The number of carbonyl (C=O) groups excluding carboxylic acids is 1. The van der Waals surface area contributed by atoms with E-state index in [2.05, 4.69) is 10.5 Å². The molecule has 31 heavy (non-hydrogen) atoms. The number of carbonyl (C=O) groups is 1. The van der Waals surface area contributed by atoms with Crippen LogP contribution in [0.1, 0.15) is 29.9 Å². The molecule has 2 heterocycles. The van der Waals surface area contributed by atoms with Crippen molar-refractivity contribution < 1.29 is 17.7 Å². The van der Waals surface area contributed by atoms with Gasteiger partial charge in [-0.05, 0) is 31.4 Å². The minimum atomic E-state index is -3.86. The van der Waals surface area contributed by atoms with Gasteiger partial charge in [-0.2, -0.15) is 4.31 Å². The Bertz CT molecular complexity index is 1070. The molecule has 1 aliphatic heterocycles. The number of sulfonamides is 1. The fourth-order valence-electron chi connectivity index (χ4n) is 3.49. The average molecular weight is 467 g/mol. The zero-order chi connectivity index (χ0) is 22.6. The Balaban J connectivity index is 1.73. The molecule has 0 radical (unpaired) electrons. The van der Waals surface area contributed by atoms with Crippen molar-refractivity contribution in [2.45, 2.75) is 31.2 Å². The molecule has 1 amide bonds. The first-order chi connectivity index (χ1) is 14.7. The molecule has 0 unspecified atom stereocenters. The van der Waals surface area contributed by atoms with Crippen LogP contribution in [-0.4, -0.2) is 55.9 Å². The van der Waals surface area contributed by atoms with E-state index in [1.54, 1.807) is 30.2 Å². The summed E-state index contributed by atoms with van der Waals surface area (Å²) in [7, 11) is -0.214. The molecule has 1 aromatic heterocycles. The molecule has 3 rings (SSSR count). The van der Waals surface area contributed by atoms with E-state index in [0.717, 1.165) is 5.56 Å². The molecule has 1 N–H and O–H groups in total. The smallest absolute Gasteiger partial charge is 0.248 e. The molecule has 168 valence electrons. The Morgan fingerprint density at radius 2 is 2.13 bits per heavy atom. The third kappa shape index (κ3) is 5.47. The molecule has 10 heteroatoms. The van der Waals surface area contributed by atoms with Crippen molar-refractivity contribution in [3.05, 3.63) is 52.5 Å². The predicted molar refractivity (Wildman–Crippen MR) is 119 cm³/mol. The SMILES string of the molecule is Cc1noc(/C=C/N(C)C)c1S(=O)(=O)N1CCC[C@@H](C(=O)NCc2ccccc2Cl)C1. The third-order valence-corrected chi connectivity index (χ3v) is 7.51. The number of hydrogen-bond donors (Lipinski definition) is 1. The average Bonchev–Trinajstić information content (AvgIpc) is 3.12. The molecular weight excluding hydrogens is 440 g/mol. The maximum atomic E-state index is 13.4. The molecule has 2 aromatic rings. The van der Waals surface area contributed by atoms with Gasteiger partial charge >= 0.3 is 0 Å². The summed E-state index contributed by atoms with van der Waals surface area (Å²) in [6.45, 7) is 2.35. The third-order valence-electron chi connectivity index (χ3n) is 5.12. The molecule has 0 saturated carbocycles. The highest BCUT2D eigenvalue weighted by Gasteiger charge is 2.36. The Morgan fingerprint density at radius 1 is 1.39 bits per heavy atom. The summed E-state index contributed by atoms with van der Waals surface area (Å²) in [6.07, 6.45) is 4.48. The quantitative estimate of drug-likeness (QED) is 0.674. The van der Waals surface area contributed by atoms with Crippen LogP contribution < -0.4 is 5.32 Å². The number of piperidine rings is 1. The van der Waals surface area contributed by atoms with Gasteiger partial charge in [-0.15, -0.1) is 0 Å². The number of halogens is 1. The van der Waals surface area contributed by atoms with Crippen LogP contribution in [0.25, 0.3) is 6.08 Å². The molecule has 0 aliphatic carbocycles. The van der Waals surface area contributed by atoms with E-state index in [-0.39, 0.29) is 23.1 Å². The van der Waals surface area contributed by atoms with Gasteiger partial charge < -0.3 is 14.7 Å². The highest BCUT2D eigenvalue weighted by atomic mass is 35.5. The second-order valence-electron chi connectivity index (χ2n) is 7.75. The summed E-state index contributed by atoms with van der Waals surface area (Å²) in [4.78, 5) is 14.5. The van der Waals surface area contributed by atoms with Gasteiger partial charge in [0, 0.05) is 51.0 Å². The van der Waals surface area contributed by atoms with E-state index in [4.69, 9.17) is 16.1 Å². The highest BCUT2D eigenvalue weighted by molar-refractivity contribution is 7.89. The van der Waals surface area contributed by atoms with E-state index in [0.29, 0.717) is 36.6 Å². The molecule has 1 aromatic carbocycles. The summed E-state index contributed by atoms with van der Waals surface area (Å²) in [5.74, 6) is -0.446. The zero-order valence-electron chi connectivity index (χ0n) is 17.8. The van der Waals surface area contributed by atoms with Crippen LogP contribution in [-0.2, 0) is 21.4 Å². The van der Waals surface area contributed by atoms with Gasteiger partial charge in [-0.3, -0.25) is 4.79 Å². The molecule has 8 nitrogen and oxygen atoms in total. The number of rotatable bonds is 7. The molecule has 0 spiro atoms. The summed E-state index contributed by atoms with van der Waals surface area (Å²) in [5, 5.41) is 7.30. The first kappa shape index (κ1) is 23.3. The lowest BCUT2D eigenvalue weighted by atomic mass is 9.99. The fraction of sp³-hybridized carbons (Fsp3) is 0.429. The molecule has 1 fully saturated rings. The van der Waals surface area contributed by atoms with E-state index < -0.39 is 15.9 Å². The van der Waals surface area contributed by atoms with Crippen LogP contribution in [0, 0.1) is 12.8 Å². The maximum absolute atomic E-state index is 13.4. The van der Waals surface area contributed by atoms with Gasteiger partial charge in [0.2, 0.25) is 15.9 Å². The largest absolute Gasteiger partial charge is 0.383 e. The standard InChI is InChI=1S/C21H27ClN4O4S/c1-15-20(19(30-24-15)10-12-25(2)3)31(28,29)26-11-6-8-17(14-26)21(27)23-13-16-7-4-5-9-18(16)22/h4-5,7,9-10,12,17H,6,8,11,13-14H2,1-3H3,(H,23,27)/b12-10+/t17-/m1/s1. The van der Waals surface area contributed by atoms with Crippen molar-refractivity contribution in [2.75, 3.05) is 27.2 Å². The van der Waals surface area contributed by atoms with Gasteiger partial charge in [-0.25, -0.2) is 8.42 Å². The second kappa shape index (κ2) is 9.84. The van der Waals surface area contributed by atoms with E-state index in [1.165, 1.54) is 4.31 Å². The molecule has 0 bridgehead atoms. The minimum absolute atomic E-state index is 0.0442. The van der Waals surface area contributed by atoms with E-state index in [1.807, 2.05) is 32.3 Å². The topological polar surface area (TPSA) is 95.8 Å². The molecule has 1 aliphatic rings. The minimum Gasteiger partial charge on any atom is -0.383 e. The van der Waals surface area contributed by atoms with Crippen LogP contribution in [0.15, 0.2) is 39.9 Å². The number of amides is 1. The summed E-state index contributed by atoms with van der Waals surface area (Å²) in [5.41, 5.74) is 1.11. The first-order valence-electron chi connectivity index (χ1n) is 10.0. The fourth-order valence-corrected chi connectivity index (χ4v) is 5.46. The van der Waals surface area contributed by atoms with Crippen LogP contribution in [0.5, 0.6) is 0 Å². The van der Waals surface area contributed by atoms with Gasteiger partial charge in [-0.1, -0.05) is 35.0 Å². The predicted octanol–water partition coefficient (Wildman–Crippen LogP) is 2.89. The number of benzene rings is 1. The number of nitrogens with zero attached hydrogens (tertiary/aromatic N) is 3.